The summed E-state index contributed by atoms with van der Waals surface area (Å²) in [5.41, 5.74) is 0. The number of benzene rings is 1. The van der Waals surface area contributed by atoms with Crippen molar-refractivity contribution in [1.82, 2.24) is 0 Å². The first kappa shape index (κ1) is 15.6. The Morgan fingerprint density at radius 2 is 1.85 bits per heavy atom. The van der Waals surface area contributed by atoms with Gasteiger partial charge in [0.25, 0.3) is 0 Å². The standard InChI is InChI=1S/C13H14Cl2O4S/c14-9-5-6-10(15)11(7-9)20(18,19)12(13(16)17)8-3-1-2-4-8/h5-8,12H,1-4H2,(H,16,17). The number of halogens is 2. The summed E-state index contributed by atoms with van der Waals surface area (Å²) in [6.07, 6.45) is 2.92. The van der Waals surface area contributed by atoms with E-state index in [1.165, 1.54) is 18.2 Å². The number of sulfone groups is 1. The lowest BCUT2D eigenvalue weighted by atomic mass is 10.0. The second kappa shape index (κ2) is 5.92. The van der Waals surface area contributed by atoms with Crippen molar-refractivity contribution in [2.24, 2.45) is 5.92 Å². The molecule has 0 radical (unpaired) electrons. The number of hydrogen-bond donors (Lipinski definition) is 1. The van der Waals surface area contributed by atoms with Crippen LogP contribution in [-0.4, -0.2) is 24.7 Å². The Morgan fingerprint density at radius 3 is 2.40 bits per heavy atom. The molecule has 20 heavy (non-hydrogen) atoms. The lowest BCUT2D eigenvalue weighted by Crippen LogP contribution is -2.36. The molecule has 1 unspecified atom stereocenters. The van der Waals surface area contributed by atoms with Crippen molar-refractivity contribution in [2.45, 2.75) is 35.8 Å². The van der Waals surface area contributed by atoms with Gasteiger partial charge in [0.05, 0.1) is 9.92 Å². The molecule has 0 aliphatic heterocycles. The second-order valence-electron chi connectivity index (χ2n) is 4.92. The van der Waals surface area contributed by atoms with E-state index in [0.717, 1.165) is 12.8 Å². The molecule has 0 aromatic heterocycles. The minimum absolute atomic E-state index is 0.00125. The molecule has 1 aromatic carbocycles. The van der Waals surface area contributed by atoms with Crippen LogP contribution >= 0.6 is 23.2 Å². The van der Waals surface area contributed by atoms with Crippen LogP contribution in [-0.2, 0) is 14.6 Å². The van der Waals surface area contributed by atoms with Crippen LogP contribution in [0, 0.1) is 5.92 Å². The highest BCUT2D eigenvalue weighted by atomic mass is 35.5. The van der Waals surface area contributed by atoms with Crippen LogP contribution in [0.3, 0.4) is 0 Å². The van der Waals surface area contributed by atoms with Crippen molar-refractivity contribution >= 4 is 39.0 Å². The summed E-state index contributed by atoms with van der Waals surface area (Å²) in [5, 5.41) is 8.09. The minimum Gasteiger partial charge on any atom is -0.480 e. The van der Waals surface area contributed by atoms with Gasteiger partial charge in [-0.15, -0.1) is 0 Å². The predicted molar refractivity (Wildman–Crippen MR) is 77.0 cm³/mol. The number of aliphatic carboxylic acids is 1. The molecule has 7 heteroatoms. The molecule has 4 nitrogen and oxygen atoms in total. The van der Waals surface area contributed by atoms with Gasteiger partial charge in [0.1, 0.15) is 0 Å². The van der Waals surface area contributed by atoms with E-state index in [0.29, 0.717) is 12.8 Å². The van der Waals surface area contributed by atoms with Crippen LogP contribution < -0.4 is 0 Å². The Morgan fingerprint density at radius 1 is 1.25 bits per heavy atom. The van der Waals surface area contributed by atoms with Gasteiger partial charge in [0.2, 0.25) is 0 Å². The van der Waals surface area contributed by atoms with E-state index < -0.39 is 21.1 Å². The summed E-state index contributed by atoms with van der Waals surface area (Å²) >= 11 is 11.7. The van der Waals surface area contributed by atoms with Crippen LogP contribution in [0.2, 0.25) is 10.0 Å². The molecule has 0 spiro atoms. The molecular weight excluding hydrogens is 323 g/mol. The first-order chi connectivity index (χ1) is 9.34. The third-order valence-corrected chi connectivity index (χ3v) is 6.49. The summed E-state index contributed by atoms with van der Waals surface area (Å²) < 4.78 is 25.2. The highest BCUT2D eigenvalue weighted by molar-refractivity contribution is 7.93. The molecule has 1 aromatic rings. The third kappa shape index (κ3) is 2.95. The lowest BCUT2D eigenvalue weighted by molar-refractivity contribution is -0.137. The highest BCUT2D eigenvalue weighted by Crippen LogP contribution is 2.36. The van der Waals surface area contributed by atoms with E-state index in [1.54, 1.807) is 0 Å². The van der Waals surface area contributed by atoms with Gasteiger partial charge in [-0.3, -0.25) is 4.79 Å². The second-order valence-corrected chi connectivity index (χ2v) is 7.80. The highest BCUT2D eigenvalue weighted by Gasteiger charge is 2.42. The molecule has 0 saturated heterocycles. The number of carboxylic acids is 1. The first-order valence-corrected chi connectivity index (χ1v) is 8.56. The molecule has 110 valence electrons. The Labute approximate surface area is 127 Å². The zero-order chi connectivity index (χ0) is 14.9. The van der Waals surface area contributed by atoms with E-state index in [9.17, 15) is 18.3 Å². The maximum atomic E-state index is 12.6. The van der Waals surface area contributed by atoms with Crippen LogP contribution in [0.1, 0.15) is 25.7 Å². The molecule has 2 rings (SSSR count). The molecule has 1 saturated carbocycles. The van der Waals surface area contributed by atoms with Gasteiger partial charge in [-0.1, -0.05) is 36.0 Å². The minimum atomic E-state index is -4.05. The van der Waals surface area contributed by atoms with E-state index in [-0.39, 0.29) is 20.9 Å². The fourth-order valence-corrected chi connectivity index (χ4v) is 5.31. The Bertz CT molecular complexity index is 621. The topological polar surface area (TPSA) is 71.4 Å². The van der Waals surface area contributed by atoms with Crippen molar-refractivity contribution in [3.8, 4) is 0 Å². The molecule has 0 amide bonds. The Kier molecular flexibility index (Phi) is 4.62. The smallest absolute Gasteiger partial charge is 0.322 e. The molecular formula is C13H14Cl2O4S. The lowest BCUT2D eigenvalue weighted by Gasteiger charge is -2.20. The van der Waals surface area contributed by atoms with Crippen LogP contribution in [0.5, 0.6) is 0 Å². The van der Waals surface area contributed by atoms with Gasteiger partial charge in [-0.2, -0.15) is 0 Å². The predicted octanol–water partition coefficient (Wildman–Crippen LogP) is 3.41. The van der Waals surface area contributed by atoms with Gasteiger partial charge in [0.15, 0.2) is 15.1 Å². The van der Waals surface area contributed by atoms with Crippen LogP contribution in [0.25, 0.3) is 0 Å². The zero-order valence-electron chi connectivity index (χ0n) is 10.6. The summed E-state index contributed by atoms with van der Waals surface area (Å²) in [6, 6.07) is 4.04. The van der Waals surface area contributed by atoms with Crippen molar-refractivity contribution in [3.63, 3.8) is 0 Å². The van der Waals surface area contributed by atoms with Gasteiger partial charge in [0, 0.05) is 5.02 Å². The molecule has 1 aliphatic carbocycles. The zero-order valence-corrected chi connectivity index (χ0v) is 12.9. The van der Waals surface area contributed by atoms with Crippen molar-refractivity contribution in [1.29, 1.82) is 0 Å². The third-order valence-electron chi connectivity index (χ3n) is 3.61. The molecule has 0 heterocycles. The number of rotatable bonds is 4. The maximum absolute atomic E-state index is 12.6. The summed E-state index contributed by atoms with van der Waals surface area (Å²) in [6.45, 7) is 0. The van der Waals surface area contributed by atoms with E-state index >= 15 is 0 Å². The molecule has 1 atom stereocenters. The van der Waals surface area contributed by atoms with Gasteiger partial charge in [-0.25, -0.2) is 8.42 Å². The summed E-state index contributed by atoms with van der Waals surface area (Å²) in [4.78, 5) is 11.2. The normalized spacial score (nSPS) is 18.1. The van der Waals surface area contributed by atoms with E-state index in [4.69, 9.17) is 23.2 Å². The first-order valence-electron chi connectivity index (χ1n) is 6.26. The molecule has 1 fully saturated rings. The van der Waals surface area contributed by atoms with Crippen LogP contribution in [0.4, 0.5) is 0 Å². The Hall–Kier alpha value is -0.780. The SMILES string of the molecule is O=C(O)C(C1CCCC1)S(=O)(=O)c1cc(Cl)ccc1Cl. The van der Waals surface area contributed by atoms with E-state index in [1.807, 2.05) is 0 Å². The number of hydrogen-bond acceptors (Lipinski definition) is 3. The van der Waals surface area contributed by atoms with Crippen molar-refractivity contribution in [3.05, 3.63) is 28.2 Å². The fraction of sp³-hybridized carbons (Fsp3) is 0.462. The Balaban J connectivity index is 2.50. The molecule has 1 N–H and O–H groups in total. The van der Waals surface area contributed by atoms with E-state index in [2.05, 4.69) is 0 Å². The molecule has 0 bridgehead atoms. The van der Waals surface area contributed by atoms with Crippen molar-refractivity contribution < 1.29 is 18.3 Å². The van der Waals surface area contributed by atoms with Gasteiger partial charge in [-0.05, 0) is 37.0 Å². The number of carboxylic acid groups (broad SMARTS) is 1. The van der Waals surface area contributed by atoms with Crippen LogP contribution in [0.15, 0.2) is 23.1 Å². The number of carbonyl (C=O) groups is 1. The molecule has 1 aliphatic rings. The van der Waals surface area contributed by atoms with Gasteiger partial charge < -0.3 is 5.11 Å². The maximum Gasteiger partial charge on any atom is 0.322 e. The average Bonchev–Trinajstić information content (AvgIpc) is 2.84. The quantitative estimate of drug-likeness (QED) is 0.914. The summed E-state index contributed by atoms with van der Waals surface area (Å²) in [7, 11) is -4.05. The average molecular weight is 337 g/mol. The van der Waals surface area contributed by atoms with Gasteiger partial charge >= 0.3 is 5.97 Å². The monoisotopic (exact) mass is 336 g/mol. The summed E-state index contributed by atoms with van der Waals surface area (Å²) in [5.74, 6) is -1.69. The fourth-order valence-electron chi connectivity index (χ4n) is 2.68. The van der Waals surface area contributed by atoms with Crippen molar-refractivity contribution in [2.75, 3.05) is 0 Å². The largest absolute Gasteiger partial charge is 0.480 e.